The number of benzene rings is 4. The molecule has 7 aromatic rings. The molecule has 50 heavy (non-hydrogen) atoms. The number of thiol groups is 2. The van der Waals surface area contributed by atoms with Crippen LogP contribution in [-0.4, -0.2) is 17.9 Å². The van der Waals surface area contributed by atoms with Gasteiger partial charge in [-0.3, -0.25) is 7.94 Å². The zero-order chi connectivity index (χ0) is 33.6. The summed E-state index contributed by atoms with van der Waals surface area (Å²) < 4.78 is 3.92. The second kappa shape index (κ2) is 12.6. The van der Waals surface area contributed by atoms with Crippen molar-refractivity contribution < 1.29 is 0 Å². The molecule has 9 rings (SSSR count). The summed E-state index contributed by atoms with van der Waals surface area (Å²) in [6.45, 7) is 0. The summed E-state index contributed by atoms with van der Waals surface area (Å²) in [7, 11) is 0. The first kappa shape index (κ1) is 30.3. The van der Waals surface area contributed by atoms with Crippen molar-refractivity contribution in [1.82, 2.24) is 17.9 Å². The summed E-state index contributed by atoms with van der Waals surface area (Å²) in [4.78, 5) is 10.5. The van der Waals surface area contributed by atoms with E-state index in [0.717, 1.165) is 89.4 Å². The third-order valence-corrected chi connectivity index (χ3v) is 10.1. The Morgan fingerprint density at radius 3 is 1.48 bits per heavy atom. The Balaban J connectivity index is 1.58. The fourth-order valence-corrected chi connectivity index (χ4v) is 7.54. The molecule has 8 bridgehead atoms. The third kappa shape index (κ3) is 5.30. The van der Waals surface area contributed by atoms with Gasteiger partial charge in [0.05, 0.1) is 44.8 Å². The smallest absolute Gasteiger partial charge is 0.0815 e. The van der Waals surface area contributed by atoms with Gasteiger partial charge in [-0.15, -0.1) is 0 Å². The summed E-state index contributed by atoms with van der Waals surface area (Å²) in [5.41, 5.74) is 15.6. The fraction of sp³-hybridized carbons (Fsp3) is 0. The van der Waals surface area contributed by atoms with Gasteiger partial charge in [-0.2, -0.15) is 0 Å². The highest BCUT2D eigenvalue weighted by atomic mass is 32.1. The maximum Gasteiger partial charge on any atom is 0.0815 e. The van der Waals surface area contributed by atoms with E-state index in [1.807, 2.05) is 26.2 Å². The summed E-state index contributed by atoms with van der Waals surface area (Å²) in [6, 6.07) is 52.6. The summed E-state index contributed by atoms with van der Waals surface area (Å²) >= 11 is 10.3. The van der Waals surface area contributed by atoms with E-state index in [-0.39, 0.29) is 0 Å². The van der Waals surface area contributed by atoms with Gasteiger partial charge in [-0.05, 0) is 70.8 Å². The molecular weight excluding hydrogens is 649 g/mol. The molecule has 0 amide bonds. The fourth-order valence-electron chi connectivity index (χ4n) is 6.93. The summed E-state index contributed by atoms with van der Waals surface area (Å²) in [5, 5.41) is 0. The highest BCUT2D eigenvalue weighted by Crippen LogP contribution is 2.47. The zero-order valence-electron chi connectivity index (χ0n) is 26.8. The first-order valence-electron chi connectivity index (χ1n) is 16.5. The predicted octanol–water partition coefficient (Wildman–Crippen LogP) is 11.4. The minimum atomic E-state index is 0.835. The van der Waals surface area contributed by atoms with E-state index >= 15 is 0 Å². The van der Waals surface area contributed by atoms with E-state index in [2.05, 4.69) is 152 Å². The molecule has 6 heteroatoms. The first-order valence-corrected chi connectivity index (χ1v) is 17.3. The van der Waals surface area contributed by atoms with E-state index in [1.54, 1.807) is 0 Å². The maximum absolute atomic E-state index is 5.45. The second-order valence-electron chi connectivity index (χ2n) is 12.3. The Bertz CT molecular complexity index is 2640. The van der Waals surface area contributed by atoms with Crippen molar-refractivity contribution in [2.75, 3.05) is 0 Å². The van der Waals surface area contributed by atoms with Crippen LogP contribution in [0.5, 0.6) is 0 Å². The van der Waals surface area contributed by atoms with Crippen LogP contribution in [0.25, 0.3) is 79.2 Å². The SMILES string of the molecule is Sn1c2ccc1cc1nc(c(-c3ccccc3)c3c(-c4ccccc4)c(-c4ccccc4)c(cc4nc(c2)C=C4)n3S)C(c2ccccc2)=C1. The Labute approximate surface area is 301 Å². The van der Waals surface area contributed by atoms with Gasteiger partial charge >= 0.3 is 0 Å². The van der Waals surface area contributed by atoms with Crippen molar-refractivity contribution in [3.63, 3.8) is 0 Å². The van der Waals surface area contributed by atoms with Crippen molar-refractivity contribution in [3.05, 3.63) is 180 Å². The number of fused-ring (bicyclic) bond motifs is 8. The van der Waals surface area contributed by atoms with Gasteiger partial charge in [0.2, 0.25) is 0 Å². The van der Waals surface area contributed by atoms with Crippen LogP contribution in [0.4, 0.5) is 0 Å². The average molecular weight is 679 g/mol. The minimum Gasteiger partial charge on any atom is -0.287 e. The average Bonchev–Trinajstić information content (AvgIpc) is 3.94. The minimum absolute atomic E-state index is 0.835. The molecule has 0 N–H and O–H groups in total. The van der Waals surface area contributed by atoms with Crippen LogP contribution in [0.3, 0.4) is 0 Å². The van der Waals surface area contributed by atoms with Gasteiger partial charge in [0.25, 0.3) is 0 Å². The van der Waals surface area contributed by atoms with Gasteiger partial charge in [0.15, 0.2) is 0 Å². The van der Waals surface area contributed by atoms with Crippen molar-refractivity contribution in [2.24, 2.45) is 0 Å². The molecule has 0 unspecified atom stereocenters. The summed E-state index contributed by atoms with van der Waals surface area (Å²) in [5.74, 6) is 0. The highest BCUT2D eigenvalue weighted by molar-refractivity contribution is 7.79. The normalized spacial score (nSPS) is 12.2. The van der Waals surface area contributed by atoms with Crippen molar-refractivity contribution in [1.29, 1.82) is 0 Å². The first-order chi connectivity index (χ1) is 24.6. The zero-order valence-corrected chi connectivity index (χ0v) is 28.6. The van der Waals surface area contributed by atoms with Crippen LogP contribution in [0.2, 0.25) is 0 Å². The van der Waals surface area contributed by atoms with Gasteiger partial charge in [0, 0.05) is 22.3 Å². The Morgan fingerprint density at radius 2 is 0.900 bits per heavy atom. The lowest BCUT2D eigenvalue weighted by atomic mass is 9.91. The molecule has 4 nitrogen and oxygen atoms in total. The van der Waals surface area contributed by atoms with Crippen molar-refractivity contribution in [2.45, 2.75) is 0 Å². The second-order valence-corrected chi connectivity index (χ2v) is 13.1. The lowest BCUT2D eigenvalue weighted by Gasteiger charge is -2.13. The van der Waals surface area contributed by atoms with Gasteiger partial charge in [-0.25, -0.2) is 9.97 Å². The van der Waals surface area contributed by atoms with Crippen LogP contribution in [0.15, 0.2) is 152 Å². The Morgan fingerprint density at radius 1 is 0.420 bits per heavy atom. The molecule has 4 aromatic carbocycles. The van der Waals surface area contributed by atoms with E-state index < -0.39 is 0 Å². The van der Waals surface area contributed by atoms with E-state index in [1.165, 1.54) is 0 Å². The van der Waals surface area contributed by atoms with Crippen LogP contribution in [0, 0.1) is 0 Å². The van der Waals surface area contributed by atoms with Gasteiger partial charge < -0.3 is 0 Å². The molecular formula is C44H30N4S2. The molecule has 238 valence electrons. The van der Waals surface area contributed by atoms with Crippen LogP contribution in [-0.2, 0) is 0 Å². The van der Waals surface area contributed by atoms with Gasteiger partial charge in [0.1, 0.15) is 0 Å². The standard InChI is InChI=1S/C44H30N4S2/c49-47-36-23-24-37(47)26-35-27-38(29-13-5-1-6-14-29)43(46-35)42(32-19-11-4-12-20-32)44-41(31-17-9-3-10-18-31)40(30-15-7-2-8-16-30)39(48(44)50)28-34-22-21-33(25-36)45-34/h1-28,49-50H. The number of rotatable bonds is 4. The third-order valence-electron chi connectivity index (χ3n) is 9.19. The number of aromatic nitrogens is 4. The molecule has 5 heterocycles. The van der Waals surface area contributed by atoms with Crippen molar-refractivity contribution in [3.8, 4) is 33.4 Å². The molecule has 0 atom stereocenters. The van der Waals surface area contributed by atoms with E-state index in [4.69, 9.17) is 35.6 Å². The topological polar surface area (TPSA) is 35.6 Å². The van der Waals surface area contributed by atoms with Crippen molar-refractivity contribution >= 4 is 71.5 Å². The summed E-state index contributed by atoms with van der Waals surface area (Å²) in [6.07, 6.45) is 6.28. The predicted molar refractivity (Wildman–Crippen MR) is 216 cm³/mol. The molecule has 2 aliphatic rings. The monoisotopic (exact) mass is 678 g/mol. The van der Waals surface area contributed by atoms with Crippen LogP contribution >= 0.6 is 25.6 Å². The Hall–Kier alpha value is -5.82. The lowest BCUT2D eigenvalue weighted by Crippen LogP contribution is -1.94. The lowest BCUT2D eigenvalue weighted by molar-refractivity contribution is 1.29. The molecule has 0 saturated heterocycles. The molecule has 0 spiro atoms. The van der Waals surface area contributed by atoms with E-state index in [9.17, 15) is 0 Å². The largest absolute Gasteiger partial charge is 0.287 e. The number of nitrogens with zero attached hydrogens (tertiary/aromatic N) is 4. The van der Waals surface area contributed by atoms with Gasteiger partial charge in [-0.1, -0.05) is 147 Å². The molecule has 0 aliphatic carbocycles. The molecule has 0 fully saturated rings. The molecule has 2 aliphatic heterocycles. The molecule has 0 radical (unpaired) electrons. The highest BCUT2D eigenvalue weighted by Gasteiger charge is 2.26. The number of hydrogen-bond acceptors (Lipinski definition) is 4. The van der Waals surface area contributed by atoms with Crippen LogP contribution in [0.1, 0.15) is 28.3 Å². The quantitative estimate of drug-likeness (QED) is 0.182. The van der Waals surface area contributed by atoms with Crippen LogP contribution < -0.4 is 0 Å². The molecule has 3 aromatic heterocycles. The van der Waals surface area contributed by atoms with E-state index in [0.29, 0.717) is 0 Å². The maximum atomic E-state index is 5.45. The number of hydrogen-bond donors (Lipinski definition) is 2. The Kier molecular flexibility index (Phi) is 7.61. The molecule has 0 saturated carbocycles.